The van der Waals surface area contributed by atoms with Crippen molar-refractivity contribution in [2.24, 2.45) is 0 Å². The summed E-state index contributed by atoms with van der Waals surface area (Å²) in [4.78, 5) is 29.5. The molecule has 2 aromatic carbocycles. The van der Waals surface area contributed by atoms with Gasteiger partial charge in [0.15, 0.2) is 0 Å². The zero-order chi connectivity index (χ0) is 23.0. The maximum Gasteiger partial charge on any atom is 0.293 e. The van der Waals surface area contributed by atoms with Crippen molar-refractivity contribution in [3.8, 4) is 0 Å². The molecule has 0 bridgehead atoms. The lowest BCUT2D eigenvalue weighted by Crippen LogP contribution is -2.48. The molecule has 2 heterocycles. The van der Waals surface area contributed by atoms with E-state index in [0.717, 1.165) is 42.3 Å². The van der Waals surface area contributed by atoms with Crippen LogP contribution in [0.1, 0.15) is 63.1 Å². The molecule has 0 saturated carbocycles. The second kappa shape index (κ2) is 8.74. The number of hydrogen-bond acceptors (Lipinski definition) is 4. The first-order valence-corrected chi connectivity index (χ1v) is 11.9. The van der Waals surface area contributed by atoms with Crippen molar-refractivity contribution in [3.63, 3.8) is 0 Å². The van der Waals surface area contributed by atoms with Crippen LogP contribution in [0.15, 0.2) is 47.4 Å². The summed E-state index contributed by atoms with van der Waals surface area (Å²) in [5.41, 5.74) is 4.30. The molecule has 0 radical (unpaired) electrons. The highest BCUT2D eigenvalue weighted by atomic mass is 32.2. The SMILES string of the molecule is CCCN1c2ccc(/C=C3/SC(=O)N(Cc4ccc(F)cc4)C3=O)cc2C(C)CC1(C)C. The zero-order valence-electron chi connectivity index (χ0n) is 19.0. The maximum absolute atomic E-state index is 13.2. The predicted molar refractivity (Wildman–Crippen MR) is 129 cm³/mol. The smallest absolute Gasteiger partial charge is 0.293 e. The first-order valence-electron chi connectivity index (χ1n) is 11.1. The van der Waals surface area contributed by atoms with Crippen LogP contribution in [-0.2, 0) is 11.3 Å². The molecule has 0 aromatic heterocycles. The average Bonchev–Trinajstić information content (AvgIpc) is 3.00. The van der Waals surface area contributed by atoms with Gasteiger partial charge in [0.25, 0.3) is 11.1 Å². The van der Waals surface area contributed by atoms with Crippen LogP contribution in [0.25, 0.3) is 6.08 Å². The molecule has 6 heteroatoms. The molecular weight excluding hydrogens is 423 g/mol. The Bertz CT molecular complexity index is 1080. The molecule has 4 rings (SSSR count). The zero-order valence-corrected chi connectivity index (χ0v) is 19.8. The molecule has 0 aliphatic carbocycles. The number of thioether (sulfide) groups is 1. The van der Waals surface area contributed by atoms with Gasteiger partial charge < -0.3 is 4.90 Å². The summed E-state index contributed by atoms with van der Waals surface area (Å²) in [7, 11) is 0. The number of halogens is 1. The normalized spacial score (nSPS) is 21.4. The van der Waals surface area contributed by atoms with Crippen molar-refractivity contribution >= 4 is 34.7 Å². The van der Waals surface area contributed by atoms with E-state index >= 15 is 0 Å². The number of hydrogen-bond donors (Lipinski definition) is 0. The molecule has 4 nitrogen and oxygen atoms in total. The van der Waals surface area contributed by atoms with E-state index in [1.165, 1.54) is 28.3 Å². The Morgan fingerprint density at radius 2 is 1.88 bits per heavy atom. The Kier molecular flexibility index (Phi) is 6.17. The molecule has 32 heavy (non-hydrogen) atoms. The van der Waals surface area contributed by atoms with E-state index in [-0.39, 0.29) is 29.0 Å². The molecular formula is C26H29FN2O2S. The van der Waals surface area contributed by atoms with Gasteiger partial charge in [-0.1, -0.05) is 32.0 Å². The van der Waals surface area contributed by atoms with E-state index in [0.29, 0.717) is 10.8 Å². The molecule has 2 aliphatic rings. The van der Waals surface area contributed by atoms with Crippen LogP contribution in [0, 0.1) is 5.82 Å². The molecule has 1 fully saturated rings. The number of nitrogens with zero attached hydrogens (tertiary/aromatic N) is 2. The number of anilines is 1. The fourth-order valence-electron chi connectivity index (χ4n) is 4.81. The number of carbonyl (C=O) groups excluding carboxylic acids is 2. The van der Waals surface area contributed by atoms with E-state index in [9.17, 15) is 14.0 Å². The van der Waals surface area contributed by atoms with E-state index in [4.69, 9.17) is 0 Å². The van der Waals surface area contributed by atoms with Crippen molar-refractivity contribution < 1.29 is 14.0 Å². The van der Waals surface area contributed by atoms with Gasteiger partial charge in [0.1, 0.15) is 5.82 Å². The van der Waals surface area contributed by atoms with Crippen LogP contribution < -0.4 is 4.90 Å². The number of rotatable bonds is 5. The minimum absolute atomic E-state index is 0.104. The van der Waals surface area contributed by atoms with E-state index in [1.807, 2.05) is 12.1 Å². The summed E-state index contributed by atoms with van der Waals surface area (Å²) < 4.78 is 13.2. The lowest BCUT2D eigenvalue weighted by Gasteiger charge is -2.47. The monoisotopic (exact) mass is 452 g/mol. The third-order valence-electron chi connectivity index (χ3n) is 6.28. The van der Waals surface area contributed by atoms with Crippen LogP contribution >= 0.6 is 11.8 Å². The number of benzene rings is 2. The first-order chi connectivity index (χ1) is 15.2. The predicted octanol–water partition coefficient (Wildman–Crippen LogP) is 6.56. The van der Waals surface area contributed by atoms with Gasteiger partial charge in [-0.2, -0.15) is 0 Å². The summed E-state index contributed by atoms with van der Waals surface area (Å²) in [6, 6.07) is 12.2. The number of imide groups is 1. The van der Waals surface area contributed by atoms with Gasteiger partial charge in [-0.3, -0.25) is 14.5 Å². The minimum Gasteiger partial charge on any atom is -0.366 e. The summed E-state index contributed by atoms with van der Waals surface area (Å²) in [6.07, 6.45) is 3.96. The molecule has 1 unspecified atom stereocenters. The number of fused-ring (bicyclic) bond motifs is 1. The quantitative estimate of drug-likeness (QED) is 0.482. The Labute approximate surface area is 193 Å². The standard InChI is InChI=1S/C26H29FN2O2S/c1-5-12-29-22-11-8-19(13-21(22)17(2)15-26(29,3)4)14-23-24(30)28(25(31)32-23)16-18-6-9-20(27)10-7-18/h6-11,13-14,17H,5,12,15-16H2,1-4H3/b23-14+. The summed E-state index contributed by atoms with van der Waals surface area (Å²) in [5, 5.41) is -0.298. The number of carbonyl (C=O) groups is 2. The van der Waals surface area contributed by atoms with Crippen LogP contribution in [0.2, 0.25) is 0 Å². The first kappa shape index (κ1) is 22.6. The number of amides is 2. The van der Waals surface area contributed by atoms with Gasteiger partial charge in [-0.15, -0.1) is 0 Å². The molecule has 1 saturated heterocycles. The highest BCUT2D eigenvalue weighted by molar-refractivity contribution is 8.18. The van der Waals surface area contributed by atoms with Gasteiger partial charge in [0.2, 0.25) is 0 Å². The van der Waals surface area contributed by atoms with E-state index in [1.54, 1.807) is 12.1 Å². The highest BCUT2D eigenvalue weighted by Gasteiger charge is 2.37. The van der Waals surface area contributed by atoms with Gasteiger partial charge >= 0.3 is 0 Å². The lowest BCUT2D eigenvalue weighted by atomic mass is 9.79. The van der Waals surface area contributed by atoms with Crippen molar-refractivity contribution in [1.82, 2.24) is 4.90 Å². The maximum atomic E-state index is 13.2. The fourth-order valence-corrected chi connectivity index (χ4v) is 5.64. The largest absolute Gasteiger partial charge is 0.366 e. The van der Waals surface area contributed by atoms with Crippen LogP contribution in [-0.4, -0.2) is 28.1 Å². The third kappa shape index (κ3) is 4.33. The van der Waals surface area contributed by atoms with Gasteiger partial charge in [0.05, 0.1) is 11.4 Å². The average molecular weight is 453 g/mol. The lowest BCUT2D eigenvalue weighted by molar-refractivity contribution is -0.123. The summed E-state index contributed by atoms with van der Waals surface area (Å²) >= 11 is 0.960. The Morgan fingerprint density at radius 3 is 2.56 bits per heavy atom. The molecule has 0 N–H and O–H groups in total. The molecule has 2 aromatic rings. The van der Waals surface area contributed by atoms with Gasteiger partial charge in [0, 0.05) is 17.8 Å². The second-order valence-electron chi connectivity index (χ2n) is 9.28. The fraction of sp³-hybridized carbons (Fsp3) is 0.385. The van der Waals surface area contributed by atoms with Crippen molar-refractivity contribution in [1.29, 1.82) is 0 Å². The highest BCUT2D eigenvalue weighted by Crippen LogP contribution is 2.44. The van der Waals surface area contributed by atoms with Crippen molar-refractivity contribution in [2.45, 2.75) is 58.5 Å². The van der Waals surface area contributed by atoms with E-state index < -0.39 is 0 Å². The summed E-state index contributed by atoms with van der Waals surface area (Å²) in [5.74, 6) is -0.232. The van der Waals surface area contributed by atoms with Crippen LogP contribution in [0.3, 0.4) is 0 Å². The van der Waals surface area contributed by atoms with Crippen molar-refractivity contribution in [3.05, 3.63) is 69.9 Å². The van der Waals surface area contributed by atoms with Crippen LogP contribution in [0.4, 0.5) is 14.9 Å². The minimum atomic E-state index is -0.342. The van der Waals surface area contributed by atoms with Crippen LogP contribution in [0.5, 0.6) is 0 Å². The second-order valence-corrected chi connectivity index (χ2v) is 10.3. The molecule has 0 spiro atoms. The molecule has 1 atom stereocenters. The third-order valence-corrected chi connectivity index (χ3v) is 7.19. The molecule has 168 valence electrons. The molecule has 2 aliphatic heterocycles. The topological polar surface area (TPSA) is 40.6 Å². The van der Waals surface area contributed by atoms with E-state index in [2.05, 4.69) is 44.7 Å². The Hall–Kier alpha value is -2.60. The van der Waals surface area contributed by atoms with Crippen molar-refractivity contribution in [2.75, 3.05) is 11.4 Å². The summed E-state index contributed by atoms with van der Waals surface area (Å²) in [6.45, 7) is 10.2. The van der Waals surface area contributed by atoms with Gasteiger partial charge in [-0.25, -0.2) is 4.39 Å². The Morgan fingerprint density at radius 1 is 1.16 bits per heavy atom. The Balaban J connectivity index is 1.59. The molecule has 2 amide bonds. The van der Waals surface area contributed by atoms with Gasteiger partial charge in [-0.05, 0) is 91.4 Å².